The summed E-state index contributed by atoms with van der Waals surface area (Å²) in [4.78, 5) is 5.67. The summed E-state index contributed by atoms with van der Waals surface area (Å²) < 4.78 is 1.80. The summed E-state index contributed by atoms with van der Waals surface area (Å²) in [6, 6.07) is 2.00. The molecule has 2 aromatic heterocycles. The molecule has 0 atom stereocenters. The van der Waals surface area contributed by atoms with E-state index < -0.39 is 0 Å². The molecule has 15 heavy (non-hydrogen) atoms. The first kappa shape index (κ1) is 10.2. The highest BCUT2D eigenvalue weighted by molar-refractivity contribution is 7.15. The Morgan fingerprint density at radius 1 is 1.47 bits per heavy atom. The van der Waals surface area contributed by atoms with Gasteiger partial charge in [0.05, 0.1) is 17.9 Å². The molecule has 0 saturated carbocycles. The standard InChI is InChI=1S/C10H14N4S/c1-7-8(2)15-10(12-7)11-6-9-4-5-14(3)13-9/h4-5H,6H2,1-3H3,(H,11,12). The predicted molar refractivity (Wildman–Crippen MR) is 62.1 cm³/mol. The van der Waals surface area contributed by atoms with Gasteiger partial charge in [0.25, 0.3) is 0 Å². The first-order valence-electron chi connectivity index (χ1n) is 4.81. The maximum atomic E-state index is 4.40. The molecule has 80 valence electrons. The summed E-state index contributed by atoms with van der Waals surface area (Å²) >= 11 is 1.68. The van der Waals surface area contributed by atoms with E-state index in [0.29, 0.717) is 0 Å². The van der Waals surface area contributed by atoms with Crippen molar-refractivity contribution in [2.24, 2.45) is 7.05 Å². The van der Waals surface area contributed by atoms with Gasteiger partial charge in [-0.1, -0.05) is 0 Å². The topological polar surface area (TPSA) is 42.7 Å². The second-order valence-corrected chi connectivity index (χ2v) is 4.70. The smallest absolute Gasteiger partial charge is 0.183 e. The number of thiazole rings is 1. The van der Waals surface area contributed by atoms with Gasteiger partial charge in [-0.15, -0.1) is 11.3 Å². The van der Waals surface area contributed by atoms with Crippen LogP contribution in [0, 0.1) is 13.8 Å². The minimum atomic E-state index is 0.729. The fraction of sp³-hybridized carbons (Fsp3) is 0.400. The van der Waals surface area contributed by atoms with Crippen LogP contribution in [0.25, 0.3) is 0 Å². The first-order chi connectivity index (χ1) is 7.15. The van der Waals surface area contributed by atoms with Crippen LogP contribution in [0.4, 0.5) is 5.13 Å². The van der Waals surface area contributed by atoms with Gasteiger partial charge in [-0.25, -0.2) is 4.98 Å². The van der Waals surface area contributed by atoms with Crippen molar-refractivity contribution >= 4 is 16.5 Å². The van der Waals surface area contributed by atoms with E-state index in [2.05, 4.69) is 22.3 Å². The molecule has 4 nitrogen and oxygen atoms in total. The van der Waals surface area contributed by atoms with E-state index in [1.807, 2.05) is 26.2 Å². The first-order valence-corrected chi connectivity index (χ1v) is 5.63. The molecular formula is C10H14N4S. The largest absolute Gasteiger partial charge is 0.356 e. The molecule has 0 aromatic carbocycles. The van der Waals surface area contributed by atoms with Crippen molar-refractivity contribution in [3.63, 3.8) is 0 Å². The van der Waals surface area contributed by atoms with Crippen LogP contribution in [0.5, 0.6) is 0 Å². The van der Waals surface area contributed by atoms with E-state index in [4.69, 9.17) is 0 Å². The molecule has 2 aromatic rings. The minimum absolute atomic E-state index is 0.729. The summed E-state index contributed by atoms with van der Waals surface area (Å²) in [5.74, 6) is 0. The number of nitrogens with one attached hydrogen (secondary N) is 1. The summed E-state index contributed by atoms with van der Waals surface area (Å²) in [5.41, 5.74) is 2.13. The quantitative estimate of drug-likeness (QED) is 0.865. The van der Waals surface area contributed by atoms with E-state index in [1.54, 1.807) is 16.0 Å². The van der Waals surface area contributed by atoms with Crippen molar-refractivity contribution in [2.45, 2.75) is 20.4 Å². The van der Waals surface area contributed by atoms with Gasteiger partial charge in [-0.05, 0) is 19.9 Å². The molecule has 0 saturated heterocycles. The monoisotopic (exact) mass is 222 g/mol. The van der Waals surface area contributed by atoms with E-state index >= 15 is 0 Å². The van der Waals surface area contributed by atoms with Gasteiger partial charge in [-0.3, -0.25) is 4.68 Å². The van der Waals surface area contributed by atoms with Crippen molar-refractivity contribution in [1.82, 2.24) is 14.8 Å². The zero-order chi connectivity index (χ0) is 10.8. The summed E-state index contributed by atoms with van der Waals surface area (Å²) in [7, 11) is 1.92. The Morgan fingerprint density at radius 2 is 2.27 bits per heavy atom. The van der Waals surface area contributed by atoms with E-state index in [1.165, 1.54) is 4.88 Å². The molecular weight excluding hydrogens is 208 g/mol. The zero-order valence-electron chi connectivity index (χ0n) is 9.11. The van der Waals surface area contributed by atoms with Crippen LogP contribution in [0.2, 0.25) is 0 Å². The van der Waals surface area contributed by atoms with Crippen molar-refractivity contribution < 1.29 is 0 Å². The minimum Gasteiger partial charge on any atom is -0.356 e. The predicted octanol–water partition coefficient (Wildman–Crippen LogP) is 2.11. The van der Waals surface area contributed by atoms with Gasteiger partial charge in [-0.2, -0.15) is 5.10 Å². The molecule has 0 aliphatic heterocycles. The lowest BCUT2D eigenvalue weighted by atomic mass is 10.4. The number of hydrogen-bond donors (Lipinski definition) is 1. The molecule has 1 N–H and O–H groups in total. The highest BCUT2D eigenvalue weighted by Gasteiger charge is 2.03. The second-order valence-electron chi connectivity index (χ2n) is 3.49. The fourth-order valence-electron chi connectivity index (χ4n) is 1.27. The van der Waals surface area contributed by atoms with Crippen LogP contribution in [0.3, 0.4) is 0 Å². The zero-order valence-corrected chi connectivity index (χ0v) is 9.93. The maximum Gasteiger partial charge on any atom is 0.183 e. The van der Waals surface area contributed by atoms with Crippen LogP contribution in [0.15, 0.2) is 12.3 Å². The molecule has 0 spiro atoms. The summed E-state index contributed by atoms with van der Waals surface area (Å²) in [6.45, 7) is 4.84. The number of anilines is 1. The van der Waals surface area contributed by atoms with Crippen LogP contribution >= 0.6 is 11.3 Å². The van der Waals surface area contributed by atoms with Gasteiger partial charge in [0.15, 0.2) is 5.13 Å². The number of hydrogen-bond acceptors (Lipinski definition) is 4. The van der Waals surface area contributed by atoms with Crippen molar-refractivity contribution in [3.05, 3.63) is 28.5 Å². The van der Waals surface area contributed by atoms with Gasteiger partial charge in [0, 0.05) is 18.1 Å². The van der Waals surface area contributed by atoms with Crippen LogP contribution in [-0.2, 0) is 13.6 Å². The van der Waals surface area contributed by atoms with Gasteiger partial charge in [0.2, 0.25) is 0 Å². The third kappa shape index (κ3) is 2.36. The van der Waals surface area contributed by atoms with Crippen molar-refractivity contribution in [3.8, 4) is 0 Å². The average molecular weight is 222 g/mol. The van der Waals surface area contributed by atoms with Crippen LogP contribution < -0.4 is 5.32 Å². The fourth-order valence-corrected chi connectivity index (χ4v) is 2.08. The number of aromatic nitrogens is 3. The Hall–Kier alpha value is -1.36. The van der Waals surface area contributed by atoms with Crippen molar-refractivity contribution in [2.75, 3.05) is 5.32 Å². The molecule has 0 unspecified atom stereocenters. The highest BCUT2D eigenvalue weighted by atomic mass is 32.1. The lowest BCUT2D eigenvalue weighted by Gasteiger charge is -1.97. The lowest BCUT2D eigenvalue weighted by Crippen LogP contribution is -2.00. The summed E-state index contributed by atoms with van der Waals surface area (Å²) in [6.07, 6.45) is 1.94. The van der Waals surface area contributed by atoms with E-state index in [0.717, 1.165) is 23.1 Å². The Labute approximate surface area is 93.0 Å². The van der Waals surface area contributed by atoms with Gasteiger partial charge < -0.3 is 5.32 Å². The van der Waals surface area contributed by atoms with Gasteiger partial charge >= 0.3 is 0 Å². The molecule has 0 fully saturated rings. The van der Waals surface area contributed by atoms with Gasteiger partial charge in [0.1, 0.15) is 0 Å². The third-order valence-electron chi connectivity index (χ3n) is 2.22. The Kier molecular flexibility index (Phi) is 2.73. The Bertz CT molecular complexity index is 438. The molecule has 0 aliphatic carbocycles. The van der Waals surface area contributed by atoms with E-state index in [-0.39, 0.29) is 0 Å². The highest BCUT2D eigenvalue weighted by Crippen LogP contribution is 2.21. The number of aryl methyl sites for hydroxylation is 3. The molecule has 2 rings (SSSR count). The Morgan fingerprint density at radius 3 is 2.80 bits per heavy atom. The van der Waals surface area contributed by atoms with Crippen molar-refractivity contribution in [1.29, 1.82) is 0 Å². The second kappa shape index (κ2) is 4.02. The average Bonchev–Trinajstić information content (AvgIpc) is 2.72. The van der Waals surface area contributed by atoms with Crippen LogP contribution in [0.1, 0.15) is 16.3 Å². The van der Waals surface area contributed by atoms with Crippen LogP contribution in [-0.4, -0.2) is 14.8 Å². The molecule has 0 bridgehead atoms. The lowest BCUT2D eigenvalue weighted by molar-refractivity contribution is 0.747. The Balaban J connectivity index is 1.99. The molecule has 5 heteroatoms. The molecule has 0 aliphatic rings. The third-order valence-corrected chi connectivity index (χ3v) is 3.25. The number of nitrogens with zero attached hydrogens (tertiary/aromatic N) is 3. The summed E-state index contributed by atoms with van der Waals surface area (Å²) in [5, 5.41) is 8.52. The number of rotatable bonds is 3. The molecule has 0 radical (unpaired) electrons. The van der Waals surface area contributed by atoms with E-state index in [9.17, 15) is 0 Å². The SMILES string of the molecule is Cc1nc(NCc2ccn(C)n2)sc1C. The molecule has 0 amide bonds. The normalized spacial score (nSPS) is 10.6. The molecule has 2 heterocycles. The maximum absolute atomic E-state index is 4.40.